The lowest BCUT2D eigenvalue weighted by Gasteiger charge is -2.44. The number of hydrogen-bond acceptors (Lipinski definition) is 5. The summed E-state index contributed by atoms with van der Waals surface area (Å²) in [5.41, 5.74) is 6.11. The van der Waals surface area contributed by atoms with Gasteiger partial charge in [0.25, 0.3) is 5.91 Å². The molecule has 1 amide bonds. The van der Waals surface area contributed by atoms with E-state index in [1.165, 1.54) is 0 Å². The lowest BCUT2D eigenvalue weighted by molar-refractivity contribution is 0.0667. The third-order valence-corrected chi connectivity index (χ3v) is 7.65. The van der Waals surface area contributed by atoms with Gasteiger partial charge in [-0.05, 0) is 35.9 Å². The average Bonchev–Trinajstić information content (AvgIpc) is 3.52. The number of rotatable bonds is 7. The van der Waals surface area contributed by atoms with E-state index in [0.29, 0.717) is 19.6 Å². The van der Waals surface area contributed by atoms with E-state index in [4.69, 9.17) is 4.74 Å². The molecule has 0 fully saturated rings. The Balaban J connectivity index is 1.52. The monoisotopic (exact) mass is 507 g/mol. The minimum atomic E-state index is -0.791. The fraction of sp³-hybridized carbons (Fsp3) is 0.258. The number of carbonyl (C=O) groups is 1. The van der Waals surface area contributed by atoms with Gasteiger partial charge in [-0.2, -0.15) is 0 Å². The highest BCUT2D eigenvalue weighted by atomic mass is 16.5. The van der Waals surface area contributed by atoms with Crippen LogP contribution in [0.3, 0.4) is 0 Å². The summed E-state index contributed by atoms with van der Waals surface area (Å²) in [7, 11) is 8.09. The summed E-state index contributed by atoms with van der Waals surface area (Å²) in [4.78, 5) is 23.5. The van der Waals surface area contributed by atoms with Crippen LogP contribution >= 0.6 is 0 Å². The molecule has 6 rings (SSSR count). The van der Waals surface area contributed by atoms with Crippen molar-refractivity contribution in [3.05, 3.63) is 107 Å². The van der Waals surface area contributed by atoms with Crippen LogP contribution in [0.5, 0.6) is 11.5 Å². The first-order valence-corrected chi connectivity index (χ1v) is 13.0. The molecule has 7 nitrogen and oxygen atoms in total. The van der Waals surface area contributed by atoms with Crippen molar-refractivity contribution in [2.75, 3.05) is 51.1 Å². The largest absolute Gasteiger partial charge is 0.456 e. The molecule has 2 aliphatic rings. The number of aromatic nitrogens is 1. The fourth-order valence-corrected chi connectivity index (χ4v) is 5.78. The molecule has 0 saturated heterocycles. The van der Waals surface area contributed by atoms with Gasteiger partial charge in [0, 0.05) is 99.9 Å². The minimum Gasteiger partial charge on any atom is -0.456 e. The zero-order chi connectivity index (χ0) is 26.4. The van der Waals surface area contributed by atoms with Crippen molar-refractivity contribution in [3.8, 4) is 11.5 Å². The second kappa shape index (κ2) is 9.26. The Hall–Kier alpha value is -4.23. The summed E-state index contributed by atoms with van der Waals surface area (Å²) in [5.74, 6) is 1.58. The highest BCUT2D eigenvalue weighted by Gasteiger charge is 2.56. The summed E-state index contributed by atoms with van der Waals surface area (Å²) >= 11 is 0. The molecular weight excluding hydrogens is 474 g/mol. The molecule has 0 bridgehead atoms. The van der Waals surface area contributed by atoms with E-state index in [2.05, 4.69) is 68.6 Å². The van der Waals surface area contributed by atoms with Crippen LogP contribution in [0.4, 0.5) is 11.4 Å². The summed E-state index contributed by atoms with van der Waals surface area (Å²) in [6, 6.07) is 24.7. The van der Waals surface area contributed by atoms with E-state index < -0.39 is 5.54 Å². The maximum atomic E-state index is 14.1. The van der Waals surface area contributed by atoms with E-state index in [9.17, 15) is 4.79 Å². The number of amides is 1. The maximum Gasteiger partial charge on any atom is 0.255 e. The van der Waals surface area contributed by atoms with Crippen molar-refractivity contribution in [2.24, 2.45) is 0 Å². The second-order valence-electron chi connectivity index (χ2n) is 10.3. The van der Waals surface area contributed by atoms with E-state index in [-0.39, 0.29) is 5.91 Å². The SMILES string of the molecule is CN(C)c1ccc2c(c1)Oc1cc(N(C)C)ccc1C21c2ccccc2C(=O)N1CCNCc1ccc[nH]1. The van der Waals surface area contributed by atoms with Gasteiger partial charge in [0.2, 0.25) is 0 Å². The van der Waals surface area contributed by atoms with Crippen LogP contribution in [0.15, 0.2) is 79.0 Å². The van der Waals surface area contributed by atoms with Crippen molar-refractivity contribution in [3.63, 3.8) is 0 Å². The Kier molecular flexibility index (Phi) is 5.88. The number of hydrogen-bond donors (Lipinski definition) is 2. The fourth-order valence-electron chi connectivity index (χ4n) is 5.78. The number of benzene rings is 3. The van der Waals surface area contributed by atoms with Gasteiger partial charge >= 0.3 is 0 Å². The molecule has 7 heteroatoms. The molecule has 4 aromatic rings. The molecule has 0 atom stereocenters. The van der Waals surface area contributed by atoms with Crippen LogP contribution in [0, 0.1) is 0 Å². The minimum absolute atomic E-state index is 0.0365. The number of fused-ring (bicyclic) bond motifs is 6. The van der Waals surface area contributed by atoms with Crippen LogP contribution < -0.4 is 19.9 Å². The van der Waals surface area contributed by atoms with Gasteiger partial charge in [0.15, 0.2) is 0 Å². The number of nitrogens with one attached hydrogen (secondary N) is 2. The van der Waals surface area contributed by atoms with Crippen molar-refractivity contribution in [2.45, 2.75) is 12.1 Å². The maximum absolute atomic E-state index is 14.1. The van der Waals surface area contributed by atoms with E-state index >= 15 is 0 Å². The van der Waals surface area contributed by atoms with Crippen molar-refractivity contribution >= 4 is 17.3 Å². The van der Waals surface area contributed by atoms with Crippen LogP contribution in [0.25, 0.3) is 0 Å². The molecule has 38 heavy (non-hydrogen) atoms. The van der Waals surface area contributed by atoms with Crippen molar-refractivity contribution < 1.29 is 9.53 Å². The molecule has 0 saturated carbocycles. The zero-order valence-corrected chi connectivity index (χ0v) is 22.3. The highest BCUT2D eigenvalue weighted by molar-refractivity contribution is 6.02. The smallest absolute Gasteiger partial charge is 0.255 e. The number of anilines is 2. The molecule has 1 spiro atoms. The Morgan fingerprint density at radius 3 is 2.11 bits per heavy atom. The Morgan fingerprint density at radius 1 is 0.842 bits per heavy atom. The Morgan fingerprint density at radius 2 is 1.50 bits per heavy atom. The van der Waals surface area contributed by atoms with Crippen LogP contribution in [0.1, 0.15) is 32.7 Å². The van der Waals surface area contributed by atoms with Crippen molar-refractivity contribution in [1.29, 1.82) is 0 Å². The van der Waals surface area contributed by atoms with Gasteiger partial charge in [-0.3, -0.25) is 4.79 Å². The number of H-pyrrole nitrogens is 1. The second-order valence-corrected chi connectivity index (χ2v) is 10.3. The number of aromatic amines is 1. The third kappa shape index (κ3) is 3.65. The van der Waals surface area contributed by atoms with E-state index in [1.807, 2.05) is 63.6 Å². The van der Waals surface area contributed by atoms with Gasteiger partial charge in [-0.1, -0.05) is 30.3 Å². The third-order valence-electron chi connectivity index (χ3n) is 7.65. The molecule has 3 aromatic carbocycles. The lowest BCUT2D eigenvalue weighted by atomic mass is 9.74. The standard InChI is InChI=1S/C31H33N5O2/c1-34(2)22-11-13-26-28(18-22)38-29-19-23(35(3)4)12-14-27(29)31(26)25-10-6-5-9-24(25)30(37)36(31)17-16-32-20-21-8-7-15-33-21/h5-15,18-19,32-33H,16-17,20H2,1-4H3. The molecule has 0 aliphatic carbocycles. The zero-order valence-electron chi connectivity index (χ0n) is 22.3. The summed E-state index contributed by atoms with van der Waals surface area (Å²) in [5, 5.41) is 3.51. The molecular formula is C31H33N5O2. The molecule has 2 aliphatic heterocycles. The first kappa shape index (κ1) is 24.1. The molecule has 3 heterocycles. The predicted molar refractivity (Wildman–Crippen MR) is 151 cm³/mol. The summed E-state index contributed by atoms with van der Waals surface area (Å²) in [6.45, 7) is 1.90. The van der Waals surface area contributed by atoms with Gasteiger partial charge in [-0.25, -0.2) is 0 Å². The molecule has 0 radical (unpaired) electrons. The number of ether oxygens (including phenoxy) is 1. The van der Waals surface area contributed by atoms with E-state index in [0.717, 1.165) is 50.8 Å². The molecule has 0 unspecified atom stereocenters. The topological polar surface area (TPSA) is 63.8 Å². The lowest BCUT2D eigenvalue weighted by Crippen LogP contribution is -2.49. The normalized spacial score (nSPS) is 14.6. The highest BCUT2D eigenvalue weighted by Crippen LogP contribution is 2.58. The van der Waals surface area contributed by atoms with Gasteiger partial charge < -0.3 is 29.7 Å². The summed E-state index contributed by atoms with van der Waals surface area (Å²) in [6.07, 6.45) is 1.92. The quantitative estimate of drug-likeness (QED) is 0.352. The van der Waals surface area contributed by atoms with Gasteiger partial charge in [-0.15, -0.1) is 0 Å². The Labute approximate surface area is 223 Å². The molecule has 194 valence electrons. The van der Waals surface area contributed by atoms with Crippen LogP contribution in [-0.4, -0.2) is 57.1 Å². The van der Waals surface area contributed by atoms with Gasteiger partial charge in [0.05, 0.1) is 0 Å². The first-order valence-electron chi connectivity index (χ1n) is 13.0. The van der Waals surface area contributed by atoms with Crippen LogP contribution in [0.2, 0.25) is 0 Å². The molecule has 2 N–H and O–H groups in total. The first-order chi connectivity index (χ1) is 18.4. The van der Waals surface area contributed by atoms with E-state index in [1.54, 1.807) is 0 Å². The summed E-state index contributed by atoms with van der Waals surface area (Å²) < 4.78 is 6.61. The van der Waals surface area contributed by atoms with Crippen LogP contribution in [-0.2, 0) is 12.1 Å². The Bertz CT molecular complexity index is 1430. The van der Waals surface area contributed by atoms with Crippen molar-refractivity contribution in [1.82, 2.24) is 15.2 Å². The average molecular weight is 508 g/mol. The predicted octanol–water partition coefficient (Wildman–Crippen LogP) is 4.79. The number of nitrogens with zero attached hydrogens (tertiary/aromatic N) is 3. The number of carbonyl (C=O) groups excluding carboxylic acids is 1. The van der Waals surface area contributed by atoms with Gasteiger partial charge in [0.1, 0.15) is 17.0 Å². The molecule has 1 aromatic heterocycles.